The number of carboxylic acids is 1. The Bertz CT molecular complexity index is 3510. The van der Waals surface area contributed by atoms with Crippen LogP contribution in [0.1, 0.15) is 123 Å². The summed E-state index contributed by atoms with van der Waals surface area (Å²) in [7, 11) is 5.16. The maximum atomic E-state index is 14.5. The minimum absolute atomic E-state index is 0.0866. The molecule has 22 heteroatoms. The van der Waals surface area contributed by atoms with Gasteiger partial charge in [0.05, 0.1) is 24.3 Å². The van der Waals surface area contributed by atoms with E-state index < -0.39 is 88.7 Å². The fraction of sp³-hybridized carbons (Fsp3) is 0.426. The van der Waals surface area contributed by atoms with E-state index in [9.17, 15) is 48.3 Å². The lowest BCUT2D eigenvalue weighted by atomic mass is 9.76. The van der Waals surface area contributed by atoms with E-state index in [0.717, 1.165) is 33.2 Å². The van der Waals surface area contributed by atoms with Crippen molar-refractivity contribution in [1.29, 1.82) is 0 Å². The number of ether oxygens (including phenoxy) is 1. The maximum absolute atomic E-state index is 14.5. The number of rotatable bonds is 26. The lowest BCUT2D eigenvalue weighted by Gasteiger charge is -2.39. The first-order valence-electron chi connectivity index (χ1n) is 30.3. The van der Waals surface area contributed by atoms with E-state index in [0.29, 0.717) is 29.2 Å². The second-order valence-corrected chi connectivity index (χ2v) is 25.2. The third-order valence-corrected chi connectivity index (χ3v) is 16.2. The highest BCUT2D eigenvalue weighted by molar-refractivity contribution is 6.01. The Balaban J connectivity index is 1.07. The molecule has 482 valence electrons. The molecule has 0 saturated carbocycles. The first-order chi connectivity index (χ1) is 42.4. The number of primary amides is 1. The van der Waals surface area contributed by atoms with Crippen LogP contribution in [0.25, 0.3) is 23.1 Å². The van der Waals surface area contributed by atoms with E-state index in [-0.39, 0.29) is 62.1 Å². The second kappa shape index (κ2) is 30.7. The number of carbonyl (C=O) groups excluding carboxylic acids is 8. The predicted molar refractivity (Wildman–Crippen MR) is 350 cm³/mol. The number of aromatic nitrogens is 1. The van der Waals surface area contributed by atoms with Crippen LogP contribution in [0.4, 0.5) is 26.7 Å². The van der Waals surface area contributed by atoms with Crippen LogP contribution in [0.15, 0.2) is 109 Å². The molecule has 22 nitrogen and oxygen atoms in total. The number of urea groups is 1. The standard InChI is InChI=1S/C68H89N11O11/c1-40(2)54(35-42(5)64(86)87)78(13)63(85)59(67(6,7)8)76-62(84)58(70-11)68(9,10)50-38-77(12)53-31-30-48(36-49(50)53)73-66(89)90-39-43-24-28-47(29-25-43)72-60(82)51(22-18-34-71-65(69)88)74-61(83)57(41(3)4)75-55(80)32-33-56(81)79-37-46-21-15-14-19-44(46)26-27-45-20-16-17-23-52(45)79/h14-17,19-21,23-31,35-36,38,40-41,51,54,57-59,70H,18,22,32-34,37,39H2,1-13H3,(H,72,82)(H,73,89)(H,74,83)(H,75,80)(H,76,84)(H,86,87)(H3,69,71,88)/b27-26-,42-35+/t51-,54+,57-,58+,59+/m0/s1. The summed E-state index contributed by atoms with van der Waals surface area (Å²) in [4.78, 5) is 124. The van der Waals surface area contributed by atoms with Gasteiger partial charge in [0, 0.05) is 72.9 Å². The molecule has 9 amide bonds. The van der Waals surface area contributed by atoms with Gasteiger partial charge in [0.15, 0.2) is 0 Å². The molecule has 1 aliphatic rings. The van der Waals surface area contributed by atoms with Crippen molar-refractivity contribution in [3.8, 4) is 0 Å². The number of fused-ring (bicyclic) bond motifs is 3. The van der Waals surface area contributed by atoms with Crippen molar-refractivity contribution in [3.63, 3.8) is 0 Å². The second-order valence-electron chi connectivity index (χ2n) is 25.2. The Hall–Kier alpha value is -9.31. The van der Waals surface area contributed by atoms with Gasteiger partial charge in [-0.1, -0.05) is 135 Å². The summed E-state index contributed by atoms with van der Waals surface area (Å²) in [5, 5.41) is 30.3. The topological polar surface area (TPSA) is 305 Å². The van der Waals surface area contributed by atoms with Gasteiger partial charge < -0.3 is 61.8 Å². The van der Waals surface area contributed by atoms with Crippen LogP contribution in [0, 0.1) is 17.3 Å². The van der Waals surface area contributed by atoms with Gasteiger partial charge in [-0.15, -0.1) is 0 Å². The van der Waals surface area contributed by atoms with Gasteiger partial charge in [-0.25, -0.2) is 14.4 Å². The third-order valence-electron chi connectivity index (χ3n) is 16.2. The predicted octanol–water partition coefficient (Wildman–Crippen LogP) is 8.35. The molecule has 5 atom stereocenters. The van der Waals surface area contributed by atoms with Gasteiger partial charge in [0.1, 0.15) is 24.7 Å². The Labute approximate surface area is 527 Å². The first kappa shape index (κ1) is 69.8. The fourth-order valence-corrected chi connectivity index (χ4v) is 11.0. The molecule has 6 rings (SSSR count). The number of carboxylic acid groups (broad SMARTS) is 1. The summed E-state index contributed by atoms with van der Waals surface area (Å²) in [5.74, 6) is -4.41. The van der Waals surface area contributed by atoms with Gasteiger partial charge in [-0.2, -0.15) is 0 Å². The molecule has 10 N–H and O–H groups in total. The molecule has 0 aliphatic carbocycles. The summed E-state index contributed by atoms with van der Waals surface area (Å²) in [5.41, 5.74) is 10.2. The number of benzene rings is 4. The number of likely N-dealkylation sites (N-methyl/N-ethyl adjacent to an activating group) is 2. The molecule has 0 bridgehead atoms. The van der Waals surface area contributed by atoms with Crippen molar-refractivity contribution < 1.29 is 53.0 Å². The minimum Gasteiger partial charge on any atom is -0.478 e. The van der Waals surface area contributed by atoms with Crippen LogP contribution in [0.3, 0.4) is 0 Å². The molecule has 0 spiro atoms. The summed E-state index contributed by atoms with van der Waals surface area (Å²) >= 11 is 0. The number of hydrogen-bond acceptors (Lipinski definition) is 11. The molecule has 0 radical (unpaired) electrons. The molecule has 5 aromatic rings. The van der Waals surface area contributed by atoms with E-state index in [4.69, 9.17) is 10.5 Å². The molecule has 4 aromatic carbocycles. The highest BCUT2D eigenvalue weighted by Gasteiger charge is 2.43. The van der Waals surface area contributed by atoms with E-state index in [2.05, 4.69) is 37.2 Å². The number of aryl methyl sites for hydroxylation is 1. The van der Waals surface area contributed by atoms with Crippen LogP contribution < -0.4 is 47.9 Å². The number of nitrogens with zero attached hydrogens (tertiary/aromatic N) is 3. The van der Waals surface area contributed by atoms with Gasteiger partial charge in [-0.05, 0) is 108 Å². The number of para-hydroxylation sites is 1. The molecule has 1 aromatic heterocycles. The van der Waals surface area contributed by atoms with Crippen LogP contribution in [-0.2, 0) is 63.9 Å². The molecular weight excluding hydrogens is 1150 g/mol. The van der Waals surface area contributed by atoms with Crippen LogP contribution in [0.2, 0.25) is 0 Å². The minimum atomic E-state index is -1.12. The fourth-order valence-electron chi connectivity index (χ4n) is 11.0. The van der Waals surface area contributed by atoms with Gasteiger partial charge in [0.2, 0.25) is 35.4 Å². The Morgan fingerprint density at radius 3 is 2.03 bits per heavy atom. The highest BCUT2D eigenvalue weighted by atomic mass is 16.5. The SMILES string of the molecule is CN[C@H](C(=O)N[C@H](C(=O)N(C)[C@H](/C=C(\C)C(=O)O)C(C)C)C(C)(C)C)C(C)(C)c1cn(C)c2ccc(NC(=O)OCc3ccc(NC(=O)[C@H](CCCNC(N)=O)NC(=O)[C@@H](NC(=O)CCC(=O)N4Cc5ccccc5/C=C\c5ccccc54)C(C)C)cc3)cc12. The number of carbonyl (C=O) groups is 9. The summed E-state index contributed by atoms with van der Waals surface area (Å²) in [6, 6.07) is 21.9. The van der Waals surface area contributed by atoms with Gasteiger partial charge in [0.25, 0.3) is 0 Å². The quantitative estimate of drug-likeness (QED) is 0.0186. The number of amides is 9. The lowest BCUT2D eigenvalue weighted by molar-refractivity contribution is -0.141. The molecule has 0 unspecified atom stereocenters. The van der Waals surface area contributed by atoms with E-state index in [1.165, 1.54) is 11.8 Å². The monoisotopic (exact) mass is 1240 g/mol. The van der Waals surface area contributed by atoms with E-state index in [1.807, 2.05) is 133 Å². The zero-order chi connectivity index (χ0) is 66.4. The number of nitrogens with one attached hydrogen (secondary N) is 7. The smallest absolute Gasteiger partial charge is 0.411 e. The Morgan fingerprint density at radius 1 is 0.756 bits per heavy atom. The van der Waals surface area contributed by atoms with Crippen molar-refractivity contribution in [2.45, 2.75) is 144 Å². The van der Waals surface area contributed by atoms with E-state index >= 15 is 0 Å². The average molecular weight is 1240 g/mol. The number of anilines is 3. The molecule has 2 heterocycles. The van der Waals surface area contributed by atoms with Gasteiger partial charge >= 0.3 is 18.1 Å². The largest absolute Gasteiger partial charge is 0.478 e. The summed E-state index contributed by atoms with van der Waals surface area (Å²) in [6.45, 7) is 18.5. The number of aliphatic carboxylic acids is 1. The average Bonchev–Trinajstić information content (AvgIpc) is 1.57. The molecule has 90 heavy (non-hydrogen) atoms. The van der Waals surface area contributed by atoms with Crippen molar-refractivity contribution in [2.75, 3.05) is 36.2 Å². The number of hydrogen-bond donors (Lipinski definition) is 9. The van der Waals surface area contributed by atoms with Crippen molar-refractivity contribution in [2.24, 2.45) is 30.0 Å². The van der Waals surface area contributed by atoms with E-state index in [1.54, 1.807) is 75.3 Å². The van der Waals surface area contributed by atoms with Crippen molar-refractivity contribution in [3.05, 3.63) is 137 Å². The van der Waals surface area contributed by atoms with Gasteiger partial charge in [-0.3, -0.25) is 34.1 Å². The first-order valence-corrected chi connectivity index (χ1v) is 30.3. The zero-order valence-electron chi connectivity index (χ0n) is 53.9. The lowest BCUT2D eigenvalue weighted by Crippen LogP contribution is -2.61. The Kier molecular flexibility index (Phi) is 23.8. The molecule has 0 saturated heterocycles. The van der Waals surface area contributed by atoms with Crippen LogP contribution in [0.5, 0.6) is 0 Å². The van der Waals surface area contributed by atoms with Crippen LogP contribution in [-0.4, -0.2) is 119 Å². The highest BCUT2D eigenvalue weighted by Crippen LogP contribution is 2.37. The van der Waals surface area contributed by atoms with Crippen molar-refractivity contribution >= 4 is 93.7 Å². The maximum Gasteiger partial charge on any atom is 0.411 e. The molecule has 1 aliphatic heterocycles. The number of nitrogens with two attached hydrogens (primary N) is 1. The Morgan fingerprint density at radius 2 is 1.40 bits per heavy atom. The summed E-state index contributed by atoms with van der Waals surface area (Å²) < 4.78 is 7.54. The molecular formula is C68H89N11O11. The third kappa shape index (κ3) is 18.2. The zero-order valence-corrected chi connectivity index (χ0v) is 53.9. The molecule has 0 fully saturated rings. The van der Waals surface area contributed by atoms with Crippen molar-refractivity contribution in [1.82, 2.24) is 36.1 Å². The summed E-state index contributed by atoms with van der Waals surface area (Å²) in [6.07, 6.45) is 6.73. The normalized spacial score (nSPS) is 14.5. The van der Waals surface area contributed by atoms with Crippen LogP contribution >= 0.6 is 0 Å².